The van der Waals surface area contributed by atoms with Crippen LogP contribution >= 0.6 is 15.9 Å². The predicted octanol–water partition coefficient (Wildman–Crippen LogP) is 1.21. The van der Waals surface area contributed by atoms with E-state index in [1.54, 1.807) is 6.07 Å². The van der Waals surface area contributed by atoms with Gasteiger partial charge in [0.25, 0.3) is 0 Å². The summed E-state index contributed by atoms with van der Waals surface area (Å²) in [5.41, 5.74) is 2.44. The number of hydrogen-bond donors (Lipinski definition) is 2. The summed E-state index contributed by atoms with van der Waals surface area (Å²) in [5, 5.41) is 19.1. The molecule has 0 saturated carbocycles. The first kappa shape index (κ1) is 7.70. The number of rotatable bonds is 1. The molecule has 5 heteroatoms. The van der Waals surface area contributed by atoms with E-state index >= 15 is 0 Å². The van der Waals surface area contributed by atoms with E-state index in [9.17, 15) is 0 Å². The molecule has 2 aromatic rings. The van der Waals surface area contributed by atoms with Crippen molar-refractivity contribution in [3.63, 3.8) is 0 Å². The Labute approximate surface area is 76.7 Å². The molecule has 0 aliphatic carbocycles. The number of aromatic amines is 1. The lowest BCUT2D eigenvalue weighted by molar-refractivity contribution is 0.281. The first-order valence-electron chi connectivity index (χ1n) is 3.41. The van der Waals surface area contributed by atoms with Crippen LogP contribution in [0.15, 0.2) is 16.6 Å². The second-order valence-corrected chi connectivity index (χ2v) is 3.29. The molecule has 0 amide bonds. The smallest absolute Gasteiger partial charge is 0.113 e. The number of benzene rings is 1. The van der Waals surface area contributed by atoms with Gasteiger partial charge in [-0.15, -0.1) is 5.10 Å². The molecule has 0 spiro atoms. The molecule has 0 fully saturated rings. The average molecular weight is 228 g/mol. The number of halogens is 1. The monoisotopic (exact) mass is 227 g/mol. The molecule has 0 atom stereocenters. The Balaban J connectivity index is 2.73. The van der Waals surface area contributed by atoms with Crippen molar-refractivity contribution in [2.24, 2.45) is 0 Å². The summed E-state index contributed by atoms with van der Waals surface area (Å²) in [6.07, 6.45) is 0. The molecule has 0 unspecified atom stereocenters. The zero-order chi connectivity index (χ0) is 8.55. The maximum absolute atomic E-state index is 8.93. The van der Waals surface area contributed by atoms with Gasteiger partial charge >= 0.3 is 0 Å². The summed E-state index contributed by atoms with van der Waals surface area (Å²) in [4.78, 5) is 0. The maximum atomic E-state index is 8.93. The SMILES string of the molecule is OCc1cc2nn[nH]c2cc1Br. The third-order valence-corrected chi connectivity index (χ3v) is 2.40. The van der Waals surface area contributed by atoms with Crippen molar-refractivity contribution < 1.29 is 5.11 Å². The van der Waals surface area contributed by atoms with Crippen LogP contribution in [0.3, 0.4) is 0 Å². The molecule has 62 valence electrons. The van der Waals surface area contributed by atoms with Gasteiger partial charge < -0.3 is 5.11 Å². The molecule has 4 nitrogen and oxygen atoms in total. The molecule has 1 heterocycles. The highest BCUT2D eigenvalue weighted by Crippen LogP contribution is 2.21. The normalized spacial score (nSPS) is 10.8. The number of nitrogens with zero attached hydrogens (tertiary/aromatic N) is 2. The van der Waals surface area contributed by atoms with Gasteiger partial charge in [0.2, 0.25) is 0 Å². The van der Waals surface area contributed by atoms with Crippen molar-refractivity contribution in [3.05, 3.63) is 22.2 Å². The van der Waals surface area contributed by atoms with E-state index < -0.39 is 0 Å². The molecular weight excluding hydrogens is 222 g/mol. The summed E-state index contributed by atoms with van der Waals surface area (Å²) in [5.74, 6) is 0. The first-order valence-corrected chi connectivity index (χ1v) is 4.20. The van der Waals surface area contributed by atoms with Gasteiger partial charge in [0.05, 0.1) is 12.1 Å². The van der Waals surface area contributed by atoms with Crippen LogP contribution in [-0.2, 0) is 6.61 Å². The highest BCUT2D eigenvalue weighted by atomic mass is 79.9. The Morgan fingerprint density at radius 3 is 3.08 bits per heavy atom. The molecule has 0 aliphatic heterocycles. The number of fused-ring (bicyclic) bond motifs is 1. The van der Waals surface area contributed by atoms with E-state index in [0.717, 1.165) is 21.1 Å². The van der Waals surface area contributed by atoms with Crippen LogP contribution in [0, 0.1) is 0 Å². The maximum Gasteiger partial charge on any atom is 0.113 e. The molecular formula is C7H6BrN3O. The van der Waals surface area contributed by atoms with Crippen molar-refractivity contribution >= 4 is 27.0 Å². The lowest BCUT2D eigenvalue weighted by Gasteiger charge is -1.98. The van der Waals surface area contributed by atoms with Crippen LogP contribution in [0.5, 0.6) is 0 Å². The van der Waals surface area contributed by atoms with Crippen molar-refractivity contribution in [2.45, 2.75) is 6.61 Å². The van der Waals surface area contributed by atoms with E-state index in [1.807, 2.05) is 6.07 Å². The standard InChI is InChI=1S/C7H6BrN3O/c8-5-2-7-6(9-11-10-7)1-4(5)3-12/h1-2,12H,3H2,(H,9,10,11). The Morgan fingerprint density at radius 2 is 2.33 bits per heavy atom. The second-order valence-electron chi connectivity index (χ2n) is 2.43. The Hall–Kier alpha value is -0.940. The van der Waals surface area contributed by atoms with Crippen LogP contribution < -0.4 is 0 Å². The lowest BCUT2D eigenvalue weighted by Crippen LogP contribution is -1.84. The molecule has 1 aromatic carbocycles. The number of aliphatic hydroxyl groups is 1. The molecule has 2 N–H and O–H groups in total. The van der Waals surface area contributed by atoms with Crippen LogP contribution in [0.4, 0.5) is 0 Å². The molecule has 1 aromatic heterocycles. The van der Waals surface area contributed by atoms with Crippen molar-refractivity contribution in [1.29, 1.82) is 0 Å². The highest BCUT2D eigenvalue weighted by molar-refractivity contribution is 9.10. The first-order chi connectivity index (χ1) is 5.81. The van der Waals surface area contributed by atoms with Gasteiger partial charge in [0.15, 0.2) is 0 Å². The van der Waals surface area contributed by atoms with Gasteiger partial charge in [0, 0.05) is 4.47 Å². The zero-order valence-electron chi connectivity index (χ0n) is 6.08. The number of aromatic nitrogens is 3. The lowest BCUT2D eigenvalue weighted by atomic mass is 10.2. The summed E-state index contributed by atoms with van der Waals surface area (Å²) in [7, 11) is 0. The van der Waals surface area contributed by atoms with E-state index in [-0.39, 0.29) is 6.61 Å². The largest absolute Gasteiger partial charge is 0.392 e. The fourth-order valence-electron chi connectivity index (χ4n) is 1.03. The summed E-state index contributed by atoms with van der Waals surface area (Å²) < 4.78 is 0.864. The number of nitrogens with one attached hydrogen (secondary N) is 1. The second kappa shape index (κ2) is 2.84. The summed E-state index contributed by atoms with van der Waals surface area (Å²) in [6, 6.07) is 3.64. The minimum Gasteiger partial charge on any atom is -0.392 e. The van der Waals surface area contributed by atoms with Gasteiger partial charge in [-0.1, -0.05) is 21.1 Å². The molecule has 2 rings (SSSR count). The number of H-pyrrole nitrogens is 1. The third kappa shape index (κ3) is 1.11. The topological polar surface area (TPSA) is 61.8 Å². The van der Waals surface area contributed by atoms with E-state index in [0.29, 0.717) is 0 Å². The number of aliphatic hydroxyl groups excluding tert-OH is 1. The van der Waals surface area contributed by atoms with Gasteiger partial charge in [-0.25, -0.2) is 0 Å². The summed E-state index contributed by atoms with van der Waals surface area (Å²) >= 11 is 3.33. The minimum absolute atomic E-state index is 0.00336. The van der Waals surface area contributed by atoms with Crippen LogP contribution in [0.25, 0.3) is 11.0 Å². The Kier molecular flexibility index (Phi) is 1.82. The number of hydrogen-bond acceptors (Lipinski definition) is 3. The van der Waals surface area contributed by atoms with E-state index in [2.05, 4.69) is 31.3 Å². The molecule has 0 bridgehead atoms. The van der Waals surface area contributed by atoms with E-state index in [4.69, 9.17) is 5.11 Å². The van der Waals surface area contributed by atoms with Gasteiger partial charge in [-0.05, 0) is 17.7 Å². The van der Waals surface area contributed by atoms with Crippen LogP contribution in [0.1, 0.15) is 5.56 Å². The van der Waals surface area contributed by atoms with Gasteiger partial charge in [-0.3, -0.25) is 5.10 Å². The molecule has 0 saturated heterocycles. The van der Waals surface area contributed by atoms with Gasteiger partial charge in [0.1, 0.15) is 5.52 Å². The Morgan fingerprint density at radius 1 is 1.50 bits per heavy atom. The minimum atomic E-state index is 0.00336. The van der Waals surface area contributed by atoms with Crippen molar-refractivity contribution in [2.75, 3.05) is 0 Å². The quantitative estimate of drug-likeness (QED) is 0.771. The fraction of sp³-hybridized carbons (Fsp3) is 0.143. The Bertz CT molecular complexity index is 412. The third-order valence-electron chi connectivity index (χ3n) is 1.66. The average Bonchev–Trinajstić information content (AvgIpc) is 2.49. The highest BCUT2D eigenvalue weighted by Gasteiger charge is 2.03. The van der Waals surface area contributed by atoms with Crippen molar-refractivity contribution in [3.8, 4) is 0 Å². The van der Waals surface area contributed by atoms with E-state index in [1.165, 1.54) is 0 Å². The summed E-state index contributed by atoms with van der Waals surface area (Å²) in [6.45, 7) is 0.00336. The van der Waals surface area contributed by atoms with Crippen molar-refractivity contribution in [1.82, 2.24) is 15.4 Å². The fourth-order valence-corrected chi connectivity index (χ4v) is 1.50. The van der Waals surface area contributed by atoms with Crippen LogP contribution in [-0.4, -0.2) is 20.5 Å². The van der Waals surface area contributed by atoms with Crippen LogP contribution in [0.2, 0.25) is 0 Å². The molecule has 12 heavy (non-hydrogen) atoms. The predicted molar refractivity (Wildman–Crippen MR) is 47.5 cm³/mol. The molecule has 0 aliphatic rings. The zero-order valence-corrected chi connectivity index (χ0v) is 7.67. The molecule has 0 radical (unpaired) electrons. The van der Waals surface area contributed by atoms with Gasteiger partial charge in [-0.2, -0.15) is 0 Å².